The third-order valence-electron chi connectivity index (χ3n) is 4.88. The molecule has 1 atom stereocenters. The monoisotopic (exact) mass is 325 g/mol. The van der Waals surface area contributed by atoms with E-state index in [1.165, 1.54) is 24.0 Å². The molecule has 0 radical (unpaired) electrons. The van der Waals surface area contributed by atoms with Crippen LogP contribution >= 0.6 is 0 Å². The number of hydrogen-bond donors (Lipinski definition) is 1. The summed E-state index contributed by atoms with van der Waals surface area (Å²) in [5.41, 5.74) is 4.04. The SMILES string of the molecule is Cc1cccc(C2CCCCCN2C(=O)c2cc(C(C)C)[nH]n2)c1. The maximum Gasteiger partial charge on any atom is 0.274 e. The predicted molar refractivity (Wildman–Crippen MR) is 96.1 cm³/mol. The summed E-state index contributed by atoms with van der Waals surface area (Å²) in [6.07, 6.45) is 4.44. The molecule has 2 heterocycles. The van der Waals surface area contributed by atoms with Crippen LogP contribution in [-0.4, -0.2) is 27.5 Å². The van der Waals surface area contributed by atoms with Crippen LogP contribution in [0.1, 0.15) is 78.8 Å². The summed E-state index contributed by atoms with van der Waals surface area (Å²) in [6.45, 7) is 7.11. The van der Waals surface area contributed by atoms with E-state index < -0.39 is 0 Å². The van der Waals surface area contributed by atoms with E-state index in [4.69, 9.17) is 0 Å². The molecule has 1 fully saturated rings. The topological polar surface area (TPSA) is 49.0 Å². The fourth-order valence-corrected chi connectivity index (χ4v) is 3.46. The Kier molecular flexibility index (Phi) is 5.03. The number of hydrogen-bond acceptors (Lipinski definition) is 2. The molecular weight excluding hydrogens is 298 g/mol. The lowest BCUT2D eigenvalue weighted by molar-refractivity contribution is 0.0674. The largest absolute Gasteiger partial charge is 0.330 e. The van der Waals surface area contributed by atoms with Gasteiger partial charge in [0.2, 0.25) is 0 Å². The van der Waals surface area contributed by atoms with Crippen molar-refractivity contribution < 1.29 is 4.79 Å². The molecule has 0 spiro atoms. The molecule has 1 aromatic carbocycles. The number of aryl methyl sites for hydroxylation is 1. The van der Waals surface area contributed by atoms with Gasteiger partial charge >= 0.3 is 0 Å². The quantitative estimate of drug-likeness (QED) is 0.896. The summed E-state index contributed by atoms with van der Waals surface area (Å²) < 4.78 is 0. The summed E-state index contributed by atoms with van der Waals surface area (Å²) >= 11 is 0. The fraction of sp³-hybridized carbons (Fsp3) is 0.500. The van der Waals surface area contributed by atoms with Crippen molar-refractivity contribution in [1.82, 2.24) is 15.1 Å². The highest BCUT2D eigenvalue weighted by Gasteiger charge is 2.29. The van der Waals surface area contributed by atoms with Crippen molar-refractivity contribution in [1.29, 1.82) is 0 Å². The lowest BCUT2D eigenvalue weighted by atomic mass is 9.99. The maximum atomic E-state index is 13.1. The average molecular weight is 325 g/mol. The summed E-state index contributed by atoms with van der Waals surface area (Å²) in [6, 6.07) is 10.6. The molecular formula is C20H27N3O. The number of amides is 1. The Morgan fingerprint density at radius 1 is 1.25 bits per heavy atom. The summed E-state index contributed by atoms with van der Waals surface area (Å²) in [4.78, 5) is 15.1. The Hall–Kier alpha value is -2.10. The minimum Gasteiger partial charge on any atom is -0.330 e. The van der Waals surface area contributed by atoms with Crippen molar-refractivity contribution in [3.05, 3.63) is 52.8 Å². The van der Waals surface area contributed by atoms with Crippen molar-refractivity contribution in [2.24, 2.45) is 0 Å². The van der Waals surface area contributed by atoms with E-state index in [0.717, 1.165) is 25.1 Å². The van der Waals surface area contributed by atoms with E-state index in [9.17, 15) is 4.79 Å². The number of likely N-dealkylation sites (tertiary alicyclic amines) is 1. The van der Waals surface area contributed by atoms with E-state index in [1.807, 2.05) is 11.0 Å². The van der Waals surface area contributed by atoms with Crippen LogP contribution in [0.15, 0.2) is 30.3 Å². The van der Waals surface area contributed by atoms with Gasteiger partial charge in [-0.15, -0.1) is 0 Å². The number of carbonyl (C=O) groups excluding carboxylic acids is 1. The van der Waals surface area contributed by atoms with Crippen molar-refractivity contribution >= 4 is 5.91 Å². The predicted octanol–water partition coefficient (Wildman–Crippen LogP) is 4.60. The smallest absolute Gasteiger partial charge is 0.274 e. The van der Waals surface area contributed by atoms with Gasteiger partial charge in [0.25, 0.3) is 5.91 Å². The second kappa shape index (κ2) is 7.20. The first-order valence-corrected chi connectivity index (χ1v) is 8.99. The van der Waals surface area contributed by atoms with Gasteiger partial charge in [-0.05, 0) is 37.3 Å². The van der Waals surface area contributed by atoms with Gasteiger partial charge < -0.3 is 4.90 Å². The highest BCUT2D eigenvalue weighted by molar-refractivity contribution is 5.92. The molecule has 0 aliphatic carbocycles. The Balaban J connectivity index is 1.90. The van der Waals surface area contributed by atoms with E-state index in [2.05, 4.69) is 55.2 Å². The Labute approximate surface area is 144 Å². The number of aromatic amines is 1. The molecule has 24 heavy (non-hydrogen) atoms. The van der Waals surface area contributed by atoms with Crippen LogP contribution in [0, 0.1) is 6.92 Å². The van der Waals surface area contributed by atoms with Gasteiger partial charge in [0.15, 0.2) is 0 Å². The van der Waals surface area contributed by atoms with Gasteiger partial charge in [-0.1, -0.05) is 56.5 Å². The Morgan fingerprint density at radius 2 is 2.08 bits per heavy atom. The first kappa shape index (κ1) is 16.7. The molecule has 1 unspecified atom stereocenters. The first-order chi connectivity index (χ1) is 11.6. The van der Waals surface area contributed by atoms with Crippen molar-refractivity contribution in [3.63, 3.8) is 0 Å². The normalized spacial score (nSPS) is 18.7. The standard InChI is InChI=1S/C20H27N3O/c1-14(2)17-13-18(22-21-17)20(24)23-11-6-4-5-10-19(23)16-9-7-8-15(3)12-16/h7-9,12-14,19H,4-6,10-11H2,1-3H3,(H,21,22). The van der Waals surface area contributed by atoms with Crippen molar-refractivity contribution in [3.8, 4) is 0 Å². The van der Waals surface area contributed by atoms with E-state index in [0.29, 0.717) is 11.6 Å². The summed E-state index contributed by atoms with van der Waals surface area (Å²) in [5, 5.41) is 7.28. The molecule has 3 rings (SSSR count). The van der Waals surface area contributed by atoms with Gasteiger partial charge in [0.1, 0.15) is 5.69 Å². The van der Waals surface area contributed by atoms with Crippen LogP contribution in [0.4, 0.5) is 0 Å². The highest BCUT2D eigenvalue weighted by atomic mass is 16.2. The van der Waals surface area contributed by atoms with Crippen LogP contribution in [0.2, 0.25) is 0 Å². The molecule has 4 heteroatoms. The minimum absolute atomic E-state index is 0.0477. The fourth-order valence-electron chi connectivity index (χ4n) is 3.46. The number of aromatic nitrogens is 2. The number of nitrogens with zero attached hydrogens (tertiary/aromatic N) is 2. The summed E-state index contributed by atoms with van der Waals surface area (Å²) in [7, 11) is 0. The minimum atomic E-state index is 0.0477. The van der Waals surface area contributed by atoms with E-state index in [-0.39, 0.29) is 11.9 Å². The molecule has 1 aliphatic heterocycles. The lowest BCUT2D eigenvalue weighted by Gasteiger charge is -2.30. The van der Waals surface area contributed by atoms with Gasteiger partial charge in [-0.25, -0.2) is 0 Å². The molecule has 0 bridgehead atoms. The van der Waals surface area contributed by atoms with E-state index in [1.54, 1.807) is 0 Å². The van der Waals surface area contributed by atoms with Crippen molar-refractivity contribution in [2.75, 3.05) is 6.54 Å². The molecule has 1 aliphatic rings. The highest BCUT2D eigenvalue weighted by Crippen LogP contribution is 2.31. The second-order valence-electron chi connectivity index (χ2n) is 7.14. The molecule has 0 saturated carbocycles. The van der Waals surface area contributed by atoms with Gasteiger partial charge in [-0.2, -0.15) is 5.10 Å². The van der Waals surface area contributed by atoms with E-state index >= 15 is 0 Å². The van der Waals surface area contributed by atoms with Gasteiger partial charge in [-0.3, -0.25) is 9.89 Å². The number of rotatable bonds is 3. The molecule has 128 valence electrons. The van der Waals surface area contributed by atoms with Crippen LogP contribution in [0.5, 0.6) is 0 Å². The molecule has 1 aromatic heterocycles. The molecule has 4 nitrogen and oxygen atoms in total. The lowest BCUT2D eigenvalue weighted by Crippen LogP contribution is -2.35. The summed E-state index contributed by atoms with van der Waals surface area (Å²) in [5.74, 6) is 0.391. The molecule has 1 saturated heterocycles. The second-order valence-corrected chi connectivity index (χ2v) is 7.14. The molecule has 1 amide bonds. The first-order valence-electron chi connectivity index (χ1n) is 8.99. The van der Waals surface area contributed by atoms with Crippen LogP contribution in [-0.2, 0) is 0 Å². The number of benzene rings is 1. The van der Waals surface area contributed by atoms with Gasteiger partial charge in [0, 0.05) is 12.2 Å². The number of nitrogens with one attached hydrogen (secondary N) is 1. The Bertz CT molecular complexity index is 704. The van der Waals surface area contributed by atoms with Crippen LogP contribution in [0.25, 0.3) is 0 Å². The van der Waals surface area contributed by atoms with Gasteiger partial charge in [0.05, 0.1) is 6.04 Å². The third-order valence-corrected chi connectivity index (χ3v) is 4.88. The molecule has 2 aromatic rings. The zero-order chi connectivity index (χ0) is 17.1. The van der Waals surface area contributed by atoms with Crippen LogP contribution in [0.3, 0.4) is 0 Å². The number of carbonyl (C=O) groups is 1. The van der Waals surface area contributed by atoms with Crippen LogP contribution < -0.4 is 0 Å². The average Bonchev–Trinajstić information content (AvgIpc) is 2.93. The zero-order valence-electron chi connectivity index (χ0n) is 14.9. The van der Waals surface area contributed by atoms with Crippen molar-refractivity contribution in [2.45, 2.75) is 58.4 Å². The number of H-pyrrole nitrogens is 1. The zero-order valence-corrected chi connectivity index (χ0v) is 14.9. The Morgan fingerprint density at radius 3 is 2.79 bits per heavy atom. The maximum absolute atomic E-state index is 13.1. The molecule has 1 N–H and O–H groups in total. The third kappa shape index (κ3) is 3.53.